The molecule has 1 heterocycles. The SMILES string of the molecule is CC1CCCC(C(=O)C2(C)CCNC2)C1. The van der Waals surface area contributed by atoms with Crippen LogP contribution in [0.25, 0.3) is 0 Å². The fourth-order valence-electron chi connectivity index (χ4n) is 3.19. The molecular formula is C13H23NO. The summed E-state index contributed by atoms with van der Waals surface area (Å²) in [5.41, 5.74) is -0.0538. The van der Waals surface area contributed by atoms with Gasteiger partial charge < -0.3 is 5.32 Å². The van der Waals surface area contributed by atoms with Gasteiger partial charge in [-0.1, -0.05) is 26.7 Å². The minimum Gasteiger partial charge on any atom is -0.316 e. The summed E-state index contributed by atoms with van der Waals surface area (Å²) in [4.78, 5) is 12.4. The van der Waals surface area contributed by atoms with Crippen molar-refractivity contribution in [3.8, 4) is 0 Å². The molecule has 2 aliphatic rings. The minimum absolute atomic E-state index is 0.0538. The normalized spacial score (nSPS) is 41.7. The number of hydrogen-bond donors (Lipinski definition) is 1. The Balaban J connectivity index is 2.00. The summed E-state index contributed by atoms with van der Waals surface area (Å²) in [6, 6.07) is 0. The molecule has 2 nitrogen and oxygen atoms in total. The van der Waals surface area contributed by atoms with Crippen molar-refractivity contribution in [3.63, 3.8) is 0 Å². The molecule has 0 aromatic carbocycles. The predicted octanol–water partition coefficient (Wildman–Crippen LogP) is 2.38. The van der Waals surface area contributed by atoms with Gasteiger partial charge in [0.2, 0.25) is 0 Å². The number of ketones is 1. The van der Waals surface area contributed by atoms with Gasteiger partial charge in [0.05, 0.1) is 0 Å². The molecule has 0 radical (unpaired) electrons. The fraction of sp³-hybridized carbons (Fsp3) is 0.923. The van der Waals surface area contributed by atoms with Crippen LogP contribution in [0.3, 0.4) is 0 Å². The highest BCUT2D eigenvalue weighted by Gasteiger charge is 2.40. The molecule has 0 amide bonds. The van der Waals surface area contributed by atoms with Gasteiger partial charge in [-0.3, -0.25) is 4.79 Å². The Kier molecular flexibility index (Phi) is 3.15. The summed E-state index contributed by atoms with van der Waals surface area (Å²) in [5, 5.41) is 3.32. The van der Waals surface area contributed by atoms with E-state index in [0.717, 1.165) is 38.3 Å². The Labute approximate surface area is 92.8 Å². The van der Waals surface area contributed by atoms with E-state index in [1.165, 1.54) is 12.8 Å². The molecule has 0 spiro atoms. The van der Waals surface area contributed by atoms with E-state index >= 15 is 0 Å². The number of Topliss-reactive ketones (excluding diaryl/α,β-unsaturated/α-hetero) is 1. The molecule has 0 bridgehead atoms. The van der Waals surface area contributed by atoms with Crippen LogP contribution in [0.2, 0.25) is 0 Å². The Hall–Kier alpha value is -0.370. The topological polar surface area (TPSA) is 29.1 Å². The Morgan fingerprint density at radius 2 is 2.20 bits per heavy atom. The number of hydrogen-bond acceptors (Lipinski definition) is 2. The minimum atomic E-state index is -0.0538. The van der Waals surface area contributed by atoms with Gasteiger partial charge in [-0.05, 0) is 31.7 Å². The van der Waals surface area contributed by atoms with E-state index < -0.39 is 0 Å². The van der Waals surface area contributed by atoms with Crippen LogP contribution < -0.4 is 5.32 Å². The lowest BCUT2D eigenvalue weighted by Gasteiger charge is -2.32. The molecule has 1 saturated carbocycles. The largest absolute Gasteiger partial charge is 0.316 e. The quantitative estimate of drug-likeness (QED) is 0.756. The zero-order chi connectivity index (χ0) is 10.9. The Morgan fingerprint density at radius 3 is 2.80 bits per heavy atom. The van der Waals surface area contributed by atoms with Crippen LogP contribution >= 0.6 is 0 Å². The van der Waals surface area contributed by atoms with Crippen LogP contribution in [0.4, 0.5) is 0 Å². The summed E-state index contributed by atoms with van der Waals surface area (Å²) in [6.45, 7) is 6.35. The molecule has 0 aromatic rings. The van der Waals surface area contributed by atoms with Gasteiger partial charge in [0, 0.05) is 17.9 Å². The zero-order valence-electron chi connectivity index (χ0n) is 10.0. The Morgan fingerprint density at radius 1 is 1.40 bits per heavy atom. The van der Waals surface area contributed by atoms with E-state index in [1.807, 2.05) is 0 Å². The summed E-state index contributed by atoms with van der Waals surface area (Å²) in [6.07, 6.45) is 5.88. The third-order valence-electron chi connectivity index (χ3n) is 4.27. The molecule has 1 saturated heterocycles. The van der Waals surface area contributed by atoms with Gasteiger partial charge in [-0.2, -0.15) is 0 Å². The standard InChI is InChI=1S/C13H23NO/c1-10-4-3-5-11(8-10)12(15)13(2)6-7-14-9-13/h10-11,14H,3-9H2,1-2H3. The smallest absolute Gasteiger partial charge is 0.143 e. The molecule has 1 N–H and O–H groups in total. The van der Waals surface area contributed by atoms with E-state index in [-0.39, 0.29) is 5.41 Å². The predicted molar refractivity (Wildman–Crippen MR) is 61.7 cm³/mol. The second kappa shape index (κ2) is 4.25. The van der Waals surface area contributed by atoms with Crippen molar-refractivity contribution in [1.29, 1.82) is 0 Å². The lowest BCUT2D eigenvalue weighted by atomic mass is 9.71. The highest BCUT2D eigenvalue weighted by Crippen LogP contribution is 2.36. The van der Waals surface area contributed by atoms with Crippen molar-refractivity contribution >= 4 is 5.78 Å². The molecule has 3 unspecified atom stereocenters. The van der Waals surface area contributed by atoms with Gasteiger partial charge in [0.25, 0.3) is 0 Å². The van der Waals surface area contributed by atoms with Crippen molar-refractivity contribution in [2.75, 3.05) is 13.1 Å². The first-order valence-electron chi connectivity index (χ1n) is 6.37. The maximum Gasteiger partial charge on any atom is 0.143 e. The van der Waals surface area contributed by atoms with Crippen molar-refractivity contribution in [2.24, 2.45) is 17.3 Å². The van der Waals surface area contributed by atoms with Crippen LogP contribution in [-0.2, 0) is 4.79 Å². The van der Waals surface area contributed by atoms with Crippen molar-refractivity contribution < 1.29 is 4.79 Å². The second-order valence-corrected chi connectivity index (χ2v) is 5.82. The van der Waals surface area contributed by atoms with E-state index in [4.69, 9.17) is 0 Å². The molecular weight excluding hydrogens is 186 g/mol. The summed E-state index contributed by atoms with van der Waals surface area (Å²) in [5.74, 6) is 1.66. The highest BCUT2D eigenvalue weighted by molar-refractivity contribution is 5.87. The van der Waals surface area contributed by atoms with Crippen LogP contribution in [0.15, 0.2) is 0 Å². The molecule has 1 aliphatic heterocycles. The first-order valence-corrected chi connectivity index (χ1v) is 6.37. The summed E-state index contributed by atoms with van der Waals surface area (Å²) in [7, 11) is 0. The number of carbonyl (C=O) groups is 1. The van der Waals surface area contributed by atoms with Crippen molar-refractivity contribution in [2.45, 2.75) is 46.0 Å². The van der Waals surface area contributed by atoms with Crippen molar-refractivity contribution in [3.05, 3.63) is 0 Å². The third-order valence-corrected chi connectivity index (χ3v) is 4.27. The lowest BCUT2D eigenvalue weighted by molar-refractivity contribution is -0.132. The van der Waals surface area contributed by atoms with Gasteiger partial charge in [-0.15, -0.1) is 0 Å². The number of carbonyl (C=O) groups excluding carboxylic acids is 1. The Bertz CT molecular complexity index is 243. The van der Waals surface area contributed by atoms with E-state index in [0.29, 0.717) is 11.7 Å². The molecule has 0 aromatic heterocycles. The molecule has 2 heteroatoms. The first-order chi connectivity index (χ1) is 7.12. The van der Waals surface area contributed by atoms with Crippen LogP contribution in [0.5, 0.6) is 0 Å². The number of rotatable bonds is 2. The molecule has 86 valence electrons. The van der Waals surface area contributed by atoms with Crippen LogP contribution in [0, 0.1) is 17.3 Å². The van der Waals surface area contributed by atoms with Crippen molar-refractivity contribution in [1.82, 2.24) is 5.32 Å². The molecule has 3 atom stereocenters. The lowest BCUT2D eigenvalue weighted by Crippen LogP contribution is -2.37. The number of nitrogens with one attached hydrogen (secondary N) is 1. The molecule has 1 aliphatic carbocycles. The second-order valence-electron chi connectivity index (χ2n) is 5.82. The van der Waals surface area contributed by atoms with Gasteiger partial charge in [-0.25, -0.2) is 0 Å². The summed E-state index contributed by atoms with van der Waals surface area (Å²) < 4.78 is 0. The zero-order valence-corrected chi connectivity index (χ0v) is 10.0. The maximum atomic E-state index is 12.4. The third kappa shape index (κ3) is 2.25. The van der Waals surface area contributed by atoms with E-state index in [2.05, 4.69) is 19.2 Å². The van der Waals surface area contributed by atoms with E-state index in [1.54, 1.807) is 0 Å². The fourth-order valence-corrected chi connectivity index (χ4v) is 3.19. The maximum absolute atomic E-state index is 12.4. The van der Waals surface area contributed by atoms with Crippen LogP contribution in [0.1, 0.15) is 46.0 Å². The monoisotopic (exact) mass is 209 g/mol. The highest BCUT2D eigenvalue weighted by atomic mass is 16.1. The average molecular weight is 209 g/mol. The first kappa shape index (κ1) is 11.1. The molecule has 2 rings (SSSR count). The van der Waals surface area contributed by atoms with Gasteiger partial charge in [0.15, 0.2) is 0 Å². The van der Waals surface area contributed by atoms with E-state index in [9.17, 15) is 4.79 Å². The molecule has 2 fully saturated rings. The van der Waals surface area contributed by atoms with Gasteiger partial charge in [0.1, 0.15) is 5.78 Å². The summed E-state index contributed by atoms with van der Waals surface area (Å²) >= 11 is 0. The van der Waals surface area contributed by atoms with Gasteiger partial charge >= 0.3 is 0 Å². The molecule has 15 heavy (non-hydrogen) atoms. The average Bonchev–Trinajstić information content (AvgIpc) is 2.65. The van der Waals surface area contributed by atoms with Crippen LogP contribution in [-0.4, -0.2) is 18.9 Å².